The van der Waals surface area contributed by atoms with E-state index in [0.717, 1.165) is 11.8 Å². The SMILES string of the molecule is C=CCNC(=O)SCCC(=O)O. The van der Waals surface area contributed by atoms with Crippen molar-refractivity contribution in [2.45, 2.75) is 6.42 Å². The minimum Gasteiger partial charge on any atom is -0.481 e. The molecule has 68 valence electrons. The summed E-state index contributed by atoms with van der Waals surface area (Å²) >= 11 is 0.966. The number of aliphatic carboxylic acids is 1. The first-order valence-corrected chi connectivity index (χ1v) is 4.38. The maximum Gasteiger partial charge on any atom is 0.304 e. The highest BCUT2D eigenvalue weighted by molar-refractivity contribution is 8.13. The van der Waals surface area contributed by atoms with Gasteiger partial charge in [0.1, 0.15) is 0 Å². The number of carbonyl (C=O) groups is 2. The van der Waals surface area contributed by atoms with E-state index in [9.17, 15) is 9.59 Å². The summed E-state index contributed by atoms with van der Waals surface area (Å²) in [6.07, 6.45) is 1.57. The number of carboxylic acids is 1. The van der Waals surface area contributed by atoms with Crippen molar-refractivity contribution >= 4 is 23.0 Å². The van der Waals surface area contributed by atoms with Crippen LogP contribution >= 0.6 is 11.8 Å². The lowest BCUT2D eigenvalue weighted by atomic mass is 10.5. The van der Waals surface area contributed by atoms with Crippen LogP contribution in [0.3, 0.4) is 0 Å². The van der Waals surface area contributed by atoms with Crippen molar-refractivity contribution in [2.75, 3.05) is 12.3 Å². The molecule has 2 N–H and O–H groups in total. The summed E-state index contributed by atoms with van der Waals surface area (Å²) < 4.78 is 0. The Morgan fingerprint density at radius 3 is 2.75 bits per heavy atom. The van der Waals surface area contributed by atoms with E-state index in [1.807, 2.05) is 0 Å². The van der Waals surface area contributed by atoms with Crippen LogP contribution in [0.15, 0.2) is 12.7 Å². The van der Waals surface area contributed by atoms with Gasteiger partial charge in [-0.05, 0) is 0 Å². The monoisotopic (exact) mass is 189 g/mol. The van der Waals surface area contributed by atoms with Gasteiger partial charge in [-0.25, -0.2) is 0 Å². The second-order valence-electron chi connectivity index (χ2n) is 1.95. The van der Waals surface area contributed by atoms with E-state index in [0.29, 0.717) is 12.3 Å². The van der Waals surface area contributed by atoms with Gasteiger partial charge in [-0.3, -0.25) is 9.59 Å². The summed E-state index contributed by atoms with van der Waals surface area (Å²) in [6.45, 7) is 3.84. The average molecular weight is 189 g/mol. The third-order valence-corrected chi connectivity index (χ3v) is 1.75. The highest BCUT2D eigenvalue weighted by atomic mass is 32.2. The molecule has 0 aliphatic heterocycles. The Hall–Kier alpha value is -0.970. The number of hydrogen-bond donors (Lipinski definition) is 2. The molecular formula is C7H11NO3S. The molecule has 5 heteroatoms. The Labute approximate surface area is 75.0 Å². The number of nitrogens with one attached hydrogen (secondary N) is 1. The molecule has 0 spiro atoms. The number of carbonyl (C=O) groups excluding carboxylic acids is 1. The molecular weight excluding hydrogens is 178 g/mol. The molecule has 0 aromatic rings. The number of carboxylic acid groups (broad SMARTS) is 1. The van der Waals surface area contributed by atoms with Gasteiger partial charge in [0.05, 0.1) is 6.42 Å². The van der Waals surface area contributed by atoms with Gasteiger partial charge in [0.15, 0.2) is 0 Å². The van der Waals surface area contributed by atoms with Crippen LogP contribution in [-0.4, -0.2) is 28.6 Å². The fourth-order valence-electron chi connectivity index (χ4n) is 0.438. The highest BCUT2D eigenvalue weighted by Crippen LogP contribution is 2.02. The largest absolute Gasteiger partial charge is 0.481 e. The van der Waals surface area contributed by atoms with E-state index < -0.39 is 5.97 Å². The Balaban J connectivity index is 3.31. The Kier molecular flexibility index (Phi) is 6.18. The Morgan fingerprint density at radius 2 is 2.25 bits per heavy atom. The van der Waals surface area contributed by atoms with Gasteiger partial charge in [0, 0.05) is 12.3 Å². The molecule has 0 aliphatic carbocycles. The smallest absolute Gasteiger partial charge is 0.304 e. The molecule has 0 heterocycles. The fourth-order valence-corrected chi connectivity index (χ4v) is 1.09. The first kappa shape index (κ1) is 11.0. The molecule has 0 aromatic heterocycles. The summed E-state index contributed by atoms with van der Waals surface area (Å²) in [5.41, 5.74) is 0. The molecule has 0 saturated heterocycles. The van der Waals surface area contributed by atoms with Crippen LogP contribution in [0, 0.1) is 0 Å². The molecule has 0 rings (SSSR count). The molecule has 0 atom stereocenters. The van der Waals surface area contributed by atoms with Crippen LogP contribution in [0.5, 0.6) is 0 Å². The number of thioether (sulfide) groups is 1. The van der Waals surface area contributed by atoms with Crippen LogP contribution in [0.4, 0.5) is 4.79 Å². The van der Waals surface area contributed by atoms with E-state index in [-0.39, 0.29) is 11.7 Å². The first-order chi connectivity index (χ1) is 5.66. The second-order valence-corrected chi connectivity index (χ2v) is 3.02. The van der Waals surface area contributed by atoms with Crippen LogP contribution in [0.2, 0.25) is 0 Å². The molecule has 0 fully saturated rings. The van der Waals surface area contributed by atoms with Gasteiger partial charge < -0.3 is 10.4 Å². The predicted octanol–water partition coefficient (Wildman–Crippen LogP) is 1.09. The molecule has 0 saturated carbocycles. The van der Waals surface area contributed by atoms with Crippen LogP contribution < -0.4 is 5.32 Å². The Morgan fingerprint density at radius 1 is 1.58 bits per heavy atom. The molecule has 12 heavy (non-hydrogen) atoms. The number of rotatable bonds is 5. The molecule has 0 bridgehead atoms. The van der Waals surface area contributed by atoms with E-state index in [4.69, 9.17) is 5.11 Å². The van der Waals surface area contributed by atoms with Gasteiger partial charge in [-0.1, -0.05) is 17.8 Å². The van der Waals surface area contributed by atoms with Crippen molar-refractivity contribution < 1.29 is 14.7 Å². The van der Waals surface area contributed by atoms with Gasteiger partial charge >= 0.3 is 5.97 Å². The topological polar surface area (TPSA) is 66.4 Å². The zero-order valence-corrected chi connectivity index (χ0v) is 7.39. The van der Waals surface area contributed by atoms with Gasteiger partial charge in [0.2, 0.25) is 0 Å². The lowest BCUT2D eigenvalue weighted by Gasteiger charge is -1.98. The maximum atomic E-state index is 10.8. The van der Waals surface area contributed by atoms with Gasteiger partial charge in [-0.15, -0.1) is 6.58 Å². The average Bonchev–Trinajstić information content (AvgIpc) is 2.00. The maximum absolute atomic E-state index is 10.8. The molecule has 0 aromatic carbocycles. The van der Waals surface area contributed by atoms with Crippen molar-refractivity contribution in [3.05, 3.63) is 12.7 Å². The quantitative estimate of drug-likeness (QED) is 0.635. The van der Waals surface area contributed by atoms with Crippen molar-refractivity contribution in [3.8, 4) is 0 Å². The Bertz CT molecular complexity index is 181. The fraction of sp³-hybridized carbons (Fsp3) is 0.429. The van der Waals surface area contributed by atoms with Crippen molar-refractivity contribution in [2.24, 2.45) is 0 Å². The summed E-state index contributed by atoms with van der Waals surface area (Å²) in [5, 5.41) is 10.5. The zero-order valence-electron chi connectivity index (χ0n) is 6.58. The molecule has 0 radical (unpaired) electrons. The van der Waals surface area contributed by atoms with E-state index in [1.165, 1.54) is 0 Å². The van der Waals surface area contributed by atoms with Crippen LogP contribution in [-0.2, 0) is 4.79 Å². The van der Waals surface area contributed by atoms with E-state index in [1.54, 1.807) is 6.08 Å². The summed E-state index contributed by atoms with van der Waals surface area (Å²) in [4.78, 5) is 20.8. The summed E-state index contributed by atoms with van der Waals surface area (Å²) in [5.74, 6) is -0.586. The molecule has 0 aliphatic rings. The third-order valence-electron chi connectivity index (χ3n) is 0.940. The molecule has 0 unspecified atom stereocenters. The minimum atomic E-state index is -0.890. The van der Waals surface area contributed by atoms with Crippen LogP contribution in [0.1, 0.15) is 6.42 Å². The van der Waals surface area contributed by atoms with Crippen LogP contribution in [0.25, 0.3) is 0 Å². The zero-order chi connectivity index (χ0) is 9.40. The summed E-state index contributed by atoms with van der Waals surface area (Å²) in [7, 11) is 0. The van der Waals surface area contributed by atoms with Gasteiger partial charge in [0.25, 0.3) is 5.24 Å². The summed E-state index contributed by atoms with van der Waals surface area (Å²) in [6, 6.07) is 0. The van der Waals surface area contributed by atoms with Crippen molar-refractivity contribution in [1.82, 2.24) is 5.32 Å². The number of hydrogen-bond acceptors (Lipinski definition) is 3. The second kappa shape index (κ2) is 6.72. The predicted molar refractivity (Wildman–Crippen MR) is 48.3 cm³/mol. The third kappa shape index (κ3) is 7.14. The highest BCUT2D eigenvalue weighted by Gasteiger charge is 2.02. The van der Waals surface area contributed by atoms with E-state index in [2.05, 4.69) is 11.9 Å². The standard InChI is InChI=1S/C7H11NO3S/c1-2-4-8-7(11)12-5-3-6(9)10/h2H,1,3-5H2,(H,8,11)(H,9,10). The van der Waals surface area contributed by atoms with Crippen molar-refractivity contribution in [1.29, 1.82) is 0 Å². The van der Waals surface area contributed by atoms with Crippen molar-refractivity contribution in [3.63, 3.8) is 0 Å². The number of amides is 1. The normalized spacial score (nSPS) is 9.00. The minimum absolute atomic E-state index is 0.00613. The lowest BCUT2D eigenvalue weighted by Crippen LogP contribution is -2.18. The molecule has 4 nitrogen and oxygen atoms in total. The first-order valence-electron chi connectivity index (χ1n) is 3.40. The van der Waals surface area contributed by atoms with Gasteiger partial charge in [-0.2, -0.15) is 0 Å². The molecule has 1 amide bonds. The lowest BCUT2D eigenvalue weighted by molar-refractivity contribution is -0.136. The van der Waals surface area contributed by atoms with E-state index >= 15 is 0 Å².